The SMILES string of the molecule is CC1=CN(CC#N)C(Nc2ccc(N3CCCC(O)C3)cc2)N=C1c1ccccc1. The topological polar surface area (TPSA) is 74.9 Å². The second kappa shape index (κ2) is 9.02. The van der Waals surface area contributed by atoms with Crippen LogP contribution < -0.4 is 10.2 Å². The number of rotatable bonds is 5. The van der Waals surface area contributed by atoms with Crippen LogP contribution in [0, 0.1) is 11.3 Å². The Morgan fingerprint density at radius 1 is 1.17 bits per heavy atom. The first-order valence-electron chi connectivity index (χ1n) is 10.4. The van der Waals surface area contributed by atoms with E-state index in [1.807, 2.05) is 48.4 Å². The van der Waals surface area contributed by atoms with Gasteiger partial charge in [-0.15, -0.1) is 0 Å². The summed E-state index contributed by atoms with van der Waals surface area (Å²) in [6, 6.07) is 20.5. The van der Waals surface area contributed by atoms with Gasteiger partial charge in [-0.2, -0.15) is 5.26 Å². The van der Waals surface area contributed by atoms with E-state index in [1.165, 1.54) is 0 Å². The zero-order valence-electron chi connectivity index (χ0n) is 17.2. The van der Waals surface area contributed by atoms with E-state index in [4.69, 9.17) is 4.99 Å². The summed E-state index contributed by atoms with van der Waals surface area (Å²) in [6.45, 7) is 3.93. The molecule has 154 valence electrons. The van der Waals surface area contributed by atoms with Gasteiger partial charge in [0.05, 0.1) is 17.9 Å². The molecule has 2 aromatic carbocycles. The molecule has 0 aliphatic carbocycles. The van der Waals surface area contributed by atoms with Crippen LogP contribution in [-0.2, 0) is 0 Å². The van der Waals surface area contributed by atoms with Gasteiger partial charge in [0.15, 0.2) is 6.29 Å². The summed E-state index contributed by atoms with van der Waals surface area (Å²) in [6.07, 6.45) is 3.28. The third-order valence-electron chi connectivity index (χ3n) is 5.52. The van der Waals surface area contributed by atoms with E-state index in [1.54, 1.807) is 0 Å². The van der Waals surface area contributed by atoms with Gasteiger partial charge in [0.25, 0.3) is 0 Å². The van der Waals surface area contributed by atoms with Gasteiger partial charge >= 0.3 is 0 Å². The van der Waals surface area contributed by atoms with Crippen LogP contribution in [0.5, 0.6) is 0 Å². The zero-order valence-corrected chi connectivity index (χ0v) is 17.2. The maximum Gasteiger partial charge on any atom is 0.197 e. The van der Waals surface area contributed by atoms with E-state index in [0.717, 1.165) is 47.6 Å². The van der Waals surface area contributed by atoms with E-state index < -0.39 is 0 Å². The average Bonchev–Trinajstić information content (AvgIpc) is 2.77. The Balaban J connectivity index is 1.53. The van der Waals surface area contributed by atoms with Gasteiger partial charge < -0.3 is 20.2 Å². The molecule has 0 saturated carbocycles. The summed E-state index contributed by atoms with van der Waals surface area (Å²) in [4.78, 5) is 9.05. The molecule has 6 heteroatoms. The van der Waals surface area contributed by atoms with Crippen molar-refractivity contribution in [2.45, 2.75) is 32.2 Å². The van der Waals surface area contributed by atoms with Crippen LogP contribution in [0.4, 0.5) is 11.4 Å². The van der Waals surface area contributed by atoms with Gasteiger partial charge in [0, 0.05) is 36.2 Å². The second-order valence-electron chi connectivity index (χ2n) is 7.79. The highest BCUT2D eigenvalue weighted by Crippen LogP contribution is 2.24. The first kappa shape index (κ1) is 20.0. The van der Waals surface area contributed by atoms with Crippen LogP contribution >= 0.6 is 0 Å². The quantitative estimate of drug-likeness (QED) is 0.749. The summed E-state index contributed by atoms with van der Waals surface area (Å²) in [5, 5.41) is 22.6. The third-order valence-corrected chi connectivity index (χ3v) is 5.52. The molecule has 6 nitrogen and oxygen atoms in total. The number of hydrogen-bond acceptors (Lipinski definition) is 6. The van der Waals surface area contributed by atoms with Gasteiger partial charge in [-0.05, 0) is 49.6 Å². The number of anilines is 2. The Labute approximate surface area is 177 Å². The number of aliphatic hydroxyl groups excluding tert-OH is 1. The second-order valence-corrected chi connectivity index (χ2v) is 7.79. The van der Waals surface area contributed by atoms with Crippen LogP contribution in [0.2, 0.25) is 0 Å². The fraction of sp³-hybridized carbons (Fsp3) is 0.333. The number of β-amino-alcohol motifs (C(OH)–C–C–N with tert-alkyl or cyclic N) is 1. The molecule has 0 amide bonds. The van der Waals surface area contributed by atoms with E-state index in [2.05, 4.69) is 40.6 Å². The van der Waals surface area contributed by atoms with Crippen molar-refractivity contribution in [1.82, 2.24) is 4.90 Å². The molecule has 2 aromatic rings. The Morgan fingerprint density at radius 2 is 1.93 bits per heavy atom. The molecule has 1 fully saturated rings. The number of hydrogen-bond donors (Lipinski definition) is 2. The summed E-state index contributed by atoms with van der Waals surface area (Å²) >= 11 is 0. The van der Waals surface area contributed by atoms with Gasteiger partial charge in [-0.3, -0.25) is 0 Å². The average molecular weight is 402 g/mol. The van der Waals surface area contributed by atoms with Crippen molar-refractivity contribution in [2.75, 3.05) is 29.9 Å². The monoisotopic (exact) mass is 401 g/mol. The lowest BCUT2D eigenvalue weighted by atomic mass is 10.0. The predicted octanol–water partition coefficient (Wildman–Crippen LogP) is 3.58. The van der Waals surface area contributed by atoms with Crippen molar-refractivity contribution < 1.29 is 5.11 Å². The lowest BCUT2D eigenvalue weighted by Gasteiger charge is -2.33. The maximum atomic E-state index is 9.93. The Bertz CT molecular complexity index is 961. The van der Waals surface area contributed by atoms with Crippen molar-refractivity contribution in [1.29, 1.82) is 5.26 Å². The largest absolute Gasteiger partial charge is 0.391 e. The standard InChI is InChI=1S/C24H27N5O/c1-18-16-29(15-13-25)24(27-23(18)19-6-3-2-4-7-19)26-20-9-11-21(12-10-20)28-14-5-8-22(30)17-28/h2-4,6-7,9-12,16,22,24,26,30H,5,8,14-15,17H2,1H3. The molecule has 0 radical (unpaired) electrons. The van der Waals surface area contributed by atoms with Crippen LogP contribution in [0.3, 0.4) is 0 Å². The van der Waals surface area contributed by atoms with Crippen LogP contribution in [0.15, 0.2) is 71.4 Å². The molecule has 1 saturated heterocycles. The summed E-state index contributed by atoms with van der Waals surface area (Å²) in [5.74, 6) is 0. The maximum absolute atomic E-state index is 9.93. The minimum Gasteiger partial charge on any atom is -0.391 e. The van der Waals surface area contributed by atoms with Gasteiger partial charge in [0.2, 0.25) is 0 Å². The molecule has 2 unspecified atom stereocenters. The fourth-order valence-electron chi connectivity index (χ4n) is 4.01. The molecule has 2 atom stereocenters. The van der Waals surface area contributed by atoms with Gasteiger partial charge in [-0.25, -0.2) is 4.99 Å². The number of nitrogens with zero attached hydrogens (tertiary/aromatic N) is 4. The minimum absolute atomic E-state index is 0.251. The predicted molar refractivity (Wildman–Crippen MR) is 120 cm³/mol. The summed E-state index contributed by atoms with van der Waals surface area (Å²) < 4.78 is 0. The molecule has 2 aliphatic rings. The Morgan fingerprint density at radius 3 is 2.63 bits per heavy atom. The zero-order chi connectivity index (χ0) is 20.9. The van der Waals surface area contributed by atoms with Crippen molar-refractivity contribution in [3.05, 3.63) is 71.9 Å². The molecule has 2 N–H and O–H groups in total. The minimum atomic E-state index is -0.355. The Hall–Kier alpha value is -3.30. The highest BCUT2D eigenvalue weighted by molar-refractivity contribution is 6.12. The summed E-state index contributed by atoms with van der Waals surface area (Å²) in [7, 11) is 0. The molecule has 0 aromatic heterocycles. The molecule has 2 heterocycles. The third kappa shape index (κ3) is 4.47. The van der Waals surface area contributed by atoms with Gasteiger partial charge in [0.1, 0.15) is 6.54 Å². The summed E-state index contributed by atoms with van der Waals surface area (Å²) in [5.41, 5.74) is 5.08. The molecule has 4 rings (SSSR count). The van der Waals surface area contributed by atoms with E-state index in [0.29, 0.717) is 6.54 Å². The molecule has 0 spiro atoms. The van der Waals surface area contributed by atoms with Crippen molar-refractivity contribution >= 4 is 17.1 Å². The molecule has 0 bridgehead atoms. The normalized spacial score (nSPS) is 21.5. The highest BCUT2D eigenvalue weighted by atomic mass is 16.3. The number of nitriles is 1. The van der Waals surface area contributed by atoms with E-state index in [-0.39, 0.29) is 18.9 Å². The number of benzene rings is 2. The molecular weight excluding hydrogens is 374 g/mol. The van der Waals surface area contributed by atoms with Crippen molar-refractivity contribution in [3.8, 4) is 6.07 Å². The smallest absolute Gasteiger partial charge is 0.197 e. The van der Waals surface area contributed by atoms with Crippen molar-refractivity contribution in [2.24, 2.45) is 4.99 Å². The van der Waals surface area contributed by atoms with E-state index >= 15 is 0 Å². The lowest BCUT2D eigenvalue weighted by Crippen LogP contribution is -2.40. The number of nitrogens with one attached hydrogen (secondary N) is 1. The molecular formula is C24H27N5O. The van der Waals surface area contributed by atoms with Crippen molar-refractivity contribution in [3.63, 3.8) is 0 Å². The number of piperidine rings is 1. The lowest BCUT2D eigenvalue weighted by molar-refractivity contribution is 0.154. The molecule has 30 heavy (non-hydrogen) atoms. The van der Waals surface area contributed by atoms with Crippen LogP contribution in [-0.4, -0.2) is 47.7 Å². The van der Waals surface area contributed by atoms with Gasteiger partial charge in [-0.1, -0.05) is 30.3 Å². The van der Waals surface area contributed by atoms with E-state index in [9.17, 15) is 10.4 Å². The number of aliphatic imine (C=N–C) groups is 1. The highest BCUT2D eigenvalue weighted by Gasteiger charge is 2.23. The fourth-order valence-corrected chi connectivity index (χ4v) is 4.01. The Kier molecular flexibility index (Phi) is 6.01. The number of aliphatic hydroxyl groups is 1. The first-order chi connectivity index (χ1) is 14.6. The first-order valence-corrected chi connectivity index (χ1v) is 10.4. The van der Waals surface area contributed by atoms with Crippen LogP contribution in [0.25, 0.3) is 0 Å². The molecule has 2 aliphatic heterocycles. The van der Waals surface area contributed by atoms with Crippen LogP contribution in [0.1, 0.15) is 25.3 Å². The number of allylic oxidation sites excluding steroid dienone is 1.